The van der Waals surface area contributed by atoms with Gasteiger partial charge >= 0.3 is 0 Å². The number of hydrogen-bond donors (Lipinski definition) is 2. The Kier molecular flexibility index (Phi) is 4.97. The molecule has 1 aromatic carbocycles. The van der Waals surface area contributed by atoms with Crippen LogP contribution in [0.4, 0.5) is 10.1 Å². The van der Waals surface area contributed by atoms with Gasteiger partial charge in [0.05, 0.1) is 0 Å². The van der Waals surface area contributed by atoms with Crippen LogP contribution in [0.5, 0.6) is 0 Å². The van der Waals surface area contributed by atoms with Crippen LogP contribution < -0.4 is 10.6 Å². The van der Waals surface area contributed by atoms with Crippen molar-refractivity contribution in [2.24, 2.45) is 11.8 Å². The van der Waals surface area contributed by atoms with E-state index in [1.165, 1.54) is 18.9 Å². The zero-order valence-electron chi connectivity index (χ0n) is 12.4. The molecule has 1 aliphatic carbocycles. The van der Waals surface area contributed by atoms with Crippen molar-refractivity contribution < 1.29 is 4.39 Å². The second-order valence-corrected chi connectivity index (χ2v) is 6.34. The van der Waals surface area contributed by atoms with E-state index in [4.69, 9.17) is 12.2 Å². The maximum atomic E-state index is 13.5. The molecule has 20 heavy (non-hydrogen) atoms. The SMILES string of the molecule is Cc1ccc(NC(=S)N[C@@H]2CCC[C@H](C)[C@H]2C)cc1F. The van der Waals surface area contributed by atoms with E-state index in [-0.39, 0.29) is 5.82 Å². The fraction of sp³-hybridized carbons (Fsp3) is 0.562. The summed E-state index contributed by atoms with van der Waals surface area (Å²) in [5.74, 6) is 1.12. The number of nitrogens with one attached hydrogen (secondary N) is 2. The first-order chi connectivity index (χ1) is 9.47. The highest BCUT2D eigenvalue weighted by Gasteiger charge is 2.27. The van der Waals surface area contributed by atoms with Crippen molar-refractivity contribution in [2.75, 3.05) is 5.32 Å². The zero-order chi connectivity index (χ0) is 14.7. The molecule has 110 valence electrons. The molecule has 0 heterocycles. The van der Waals surface area contributed by atoms with Gasteiger partial charge in [0.2, 0.25) is 0 Å². The molecule has 0 bridgehead atoms. The van der Waals surface area contributed by atoms with Crippen molar-refractivity contribution in [3.8, 4) is 0 Å². The summed E-state index contributed by atoms with van der Waals surface area (Å²) in [4.78, 5) is 0. The first kappa shape index (κ1) is 15.2. The molecule has 0 aromatic heterocycles. The molecule has 0 spiro atoms. The van der Waals surface area contributed by atoms with E-state index in [9.17, 15) is 4.39 Å². The minimum absolute atomic E-state index is 0.211. The molecule has 2 nitrogen and oxygen atoms in total. The van der Waals surface area contributed by atoms with Gasteiger partial charge in [-0.3, -0.25) is 0 Å². The molecule has 2 rings (SSSR count). The predicted molar refractivity (Wildman–Crippen MR) is 86.5 cm³/mol. The van der Waals surface area contributed by atoms with Gasteiger partial charge < -0.3 is 10.6 Å². The van der Waals surface area contributed by atoms with Crippen LogP contribution >= 0.6 is 12.2 Å². The zero-order valence-corrected chi connectivity index (χ0v) is 13.2. The molecule has 0 amide bonds. The Bertz CT molecular complexity index is 489. The minimum Gasteiger partial charge on any atom is -0.359 e. The molecule has 1 aliphatic rings. The van der Waals surface area contributed by atoms with E-state index in [1.807, 2.05) is 6.07 Å². The molecule has 1 fully saturated rings. The van der Waals surface area contributed by atoms with E-state index in [0.29, 0.717) is 28.3 Å². The summed E-state index contributed by atoms with van der Waals surface area (Å²) in [5.41, 5.74) is 1.34. The quantitative estimate of drug-likeness (QED) is 0.798. The Labute approximate surface area is 126 Å². The topological polar surface area (TPSA) is 24.1 Å². The van der Waals surface area contributed by atoms with Gasteiger partial charge in [-0.15, -0.1) is 0 Å². The Morgan fingerprint density at radius 2 is 2.05 bits per heavy atom. The van der Waals surface area contributed by atoms with Crippen LogP contribution in [-0.4, -0.2) is 11.2 Å². The maximum Gasteiger partial charge on any atom is 0.171 e. The molecule has 0 aliphatic heterocycles. The smallest absolute Gasteiger partial charge is 0.171 e. The van der Waals surface area contributed by atoms with Crippen LogP contribution in [0.1, 0.15) is 38.7 Å². The van der Waals surface area contributed by atoms with E-state index in [1.54, 1.807) is 13.0 Å². The highest BCUT2D eigenvalue weighted by atomic mass is 32.1. The number of aryl methyl sites for hydroxylation is 1. The van der Waals surface area contributed by atoms with Crippen LogP contribution in [0.3, 0.4) is 0 Å². The number of benzene rings is 1. The van der Waals surface area contributed by atoms with Crippen LogP contribution in [0.15, 0.2) is 18.2 Å². The van der Waals surface area contributed by atoms with Crippen molar-refractivity contribution in [3.63, 3.8) is 0 Å². The molecule has 3 atom stereocenters. The van der Waals surface area contributed by atoms with Crippen molar-refractivity contribution in [3.05, 3.63) is 29.6 Å². The average molecular weight is 294 g/mol. The fourth-order valence-corrected chi connectivity index (χ4v) is 3.06. The minimum atomic E-state index is -0.211. The van der Waals surface area contributed by atoms with E-state index >= 15 is 0 Å². The Morgan fingerprint density at radius 1 is 1.30 bits per heavy atom. The fourth-order valence-electron chi connectivity index (χ4n) is 2.79. The van der Waals surface area contributed by atoms with Gasteiger partial charge in [-0.25, -0.2) is 4.39 Å². The summed E-state index contributed by atoms with van der Waals surface area (Å²) < 4.78 is 13.5. The molecule has 0 radical (unpaired) electrons. The van der Waals surface area contributed by atoms with Gasteiger partial charge in [0, 0.05) is 11.7 Å². The number of hydrogen-bond acceptors (Lipinski definition) is 1. The lowest BCUT2D eigenvalue weighted by Crippen LogP contribution is -2.45. The Morgan fingerprint density at radius 3 is 2.75 bits per heavy atom. The van der Waals surface area contributed by atoms with Gasteiger partial charge in [-0.1, -0.05) is 32.8 Å². The second-order valence-electron chi connectivity index (χ2n) is 5.94. The van der Waals surface area contributed by atoms with Crippen LogP contribution in [0.25, 0.3) is 0 Å². The third-order valence-electron chi connectivity index (χ3n) is 4.45. The largest absolute Gasteiger partial charge is 0.359 e. The molecule has 4 heteroatoms. The number of thiocarbonyl (C=S) groups is 1. The van der Waals surface area contributed by atoms with Gasteiger partial charge in [-0.05, 0) is 55.1 Å². The van der Waals surface area contributed by atoms with Gasteiger partial charge in [0.15, 0.2) is 5.11 Å². The standard InChI is InChI=1S/C16H23FN2S/c1-10-5-4-6-15(12(10)3)19-16(20)18-13-8-7-11(2)14(17)9-13/h7-10,12,15H,4-6H2,1-3H3,(H2,18,19,20)/t10-,12+,15+/m0/s1. The molecular weight excluding hydrogens is 271 g/mol. The summed E-state index contributed by atoms with van der Waals surface area (Å²) in [7, 11) is 0. The number of rotatable bonds is 2. The van der Waals surface area contributed by atoms with Crippen molar-refractivity contribution in [2.45, 2.75) is 46.1 Å². The highest BCUT2D eigenvalue weighted by Crippen LogP contribution is 2.29. The third-order valence-corrected chi connectivity index (χ3v) is 4.67. The van der Waals surface area contributed by atoms with Crippen LogP contribution in [0, 0.1) is 24.6 Å². The van der Waals surface area contributed by atoms with Crippen molar-refractivity contribution in [1.29, 1.82) is 0 Å². The third kappa shape index (κ3) is 3.69. The Balaban J connectivity index is 1.93. The molecule has 2 N–H and O–H groups in total. The second kappa shape index (κ2) is 6.53. The molecule has 1 saturated carbocycles. The Hall–Kier alpha value is -1.16. The first-order valence-electron chi connectivity index (χ1n) is 7.31. The van der Waals surface area contributed by atoms with E-state index in [0.717, 1.165) is 12.3 Å². The summed E-state index contributed by atoms with van der Waals surface area (Å²) in [5, 5.41) is 7.04. The molecular formula is C16H23FN2S. The monoisotopic (exact) mass is 294 g/mol. The summed E-state index contributed by atoms with van der Waals surface area (Å²) >= 11 is 5.34. The van der Waals surface area contributed by atoms with Crippen molar-refractivity contribution in [1.82, 2.24) is 5.32 Å². The van der Waals surface area contributed by atoms with E-state index < -0.39 is 0 Å². The van der Waals surface area contributed by atoms with Gasteiger partial charge in [0.1, 0.15) is 5.82 Å². The first-order valence-corrected chi connectivity index (χ1v) is 7.72. The van der Waals surface area contributed by atoms with Crippen molar-refractivity contribution >= 4 is 23.0 Å². The maximum absolute atomic E-state index is 13.5. The lowest BCUT2D eigenvalue weighted by Gasteiger charge is -2.35. The lowest BCUT2D eigenvalue weighted by molar-refractivity contribution is 0.225. The van der Waals surface area contributed by atoms with Gasteiger partial charge in [0.25, 0.3) is 0 Å². The highest BCUT2D eigenvalue weighted by molar-refractivity contribution is 7.80. The molecule has 1 aromatic rings. The predicted octanol–water partition coefficient (Wildman–Crippen LogP) is 4.25. The summed E-state index contributed by atoms with van der Waals surface area (Å²) in [6.07, 6.45) is 3.68. The van der Waals surface area contributed by atoms with Crippen LogP contribution in [-0.2, 0) is 0 Å². The van der Waals surface area contributed by atoms with Crippen LogP contribution in [0.2, 0.25) is 0 Å². The number of anilines is 1. The number of halogens is 1. The van der Waals surface area contributed by atoms with E-state index in [2.05, 4.69) is 24.5 Å². The molecule has 0 unspecified atom stereocenters. The summed E-state index contributed by atoms with van der Waals surface area (Å²) in [6, 6.07) is 5.50. The molecule has 0 saturated heterocycles. The normalized spacial score (nSPS) is 26.1. The lowest BCUT2D eigenvalue weighted by atomic mass is 9.78. The van der Waals surface area contributed by atoms with Gasteiger partial charge in [-0.2, -0.15) is 0 Å². The summed E-state index contributed by atoms with van der Waals surface area (Å²) in [6.45, 7) is 6.32. The average Bonchev–Trinajstić information content (AvgIpc) is 2.39.